The van der Waals surface area contributed by atoms with Gasteiger partial charge in [-0.15, -0.1) is 0 Å². The van der Waals surface area contributed by atoms with Gasteiger partial charge in [-0.25, -0.2) is 0 Å². The van der Waals surface area contributed by atoms with Gasteiger partial charge in [0.15, 0.2) is 0 Å². The summed E-state index contributed by atoms with van der Waals surface area (Å²) >= 11 is 5.99. The molecule has 136 valence electrons. The molecule has 1 unspecified atom stereocenters. The Balaban J connectivity index is 1.54. The lowest BCUT2D eigenvalue weighted by atomic mass is 10.1. The lowest BCUT2D eigenvalue weighted by molar-refractivity contribution is 0.122. The number of anilines is 1. The van der Waals surface area contributed by atoms with Crippen LogP contribution in [0.25, 0.3) is 0 Å². The van der Waals surface area contributed by atoms with Gasteiger partial charge < -0.3 is 14.7 Å². The van der Waals surface area contributed by atoms with Gasteiger partial charge in [-0.1, -0.05) is 23.4 Å². The molecule has 1 fully saturated rings. The number of nitrogens with zero attached hydrogens (tertiary/aromatic N) is 1. The molecule has 1 saturated heterocycles. The number of aromatic hydroxyl groups is 1. The number of hydrogen-bond acceptors (Lipinski definition) is 4. The Kier molecular flexibility index (Phi) is 6.40. The monoisotopic (exact) mass is 370 g/mol. The summed E-state index contributed by atoms with van der Waals surface area (Å²) in [6, 6.07) is 13.3. The highest BCUT2D eigenvalue weighted by Gasteiger charge is 2.11. The minimum atomic E-state index is -0.0355. The predicted octanol–water partition coefficient (Wildman–Crippen LogP) is 3.58. The van der Waals surface area contributed by atoms with Crippen LogP contribution in [-0.4, -0.2) is 38.0 Å². The number of benzene rings is 2. The van der Waals surface area contributed by atoms with Crippen LogP contribution in [0.3, 0.4) is 0 Å². The van der Waals surface area contributed by atoms with Crippen LogP contribution >= 0.6 is 11.6 Å². The Morgan fingerprint density at radius 3 is 2.65 bits per heavy atom. The topological polar surface area (TPSA) is 44.7 Å². The molecule has 1 aliphatic rings. The maximum atomic E-state index is 9.93. The van der Waals surface area contributed by atoms with Gasteiger partial charge in [0.2, 0.25) is 0 Å². The Bertz CT molecular complexity index is 790. The first-order chi connectivity index (χ1) is 12.6. The zero-order valence-corrected chi connectivity index (χ0v) is 15.6. The quantitative estimate of drug-likeness (QED) is 0.807. The van der Waals surface area contributed by atoms with Crippen molar-refractivity contribution < 1.29 is 9.84 Å². The molecule has 0 amide bonds. The van der Waals surface area contributed by atoms with Crippen molar-refractivity contribution in [2.24, 2.45) is 0 Å². The van der Waals surface area contributed by atoms with E-state index in [9.17, 15) is 5.11 Å². The minimum absolute atomic E-state index is 0.0355. The summed E-state index contributed by atoms with van der Waals surface area (Å²) < 4.78 is 5.38. The molecule has 0 aromatic heterocycles. The van der Waals surface area contributed by atoms with Crippen LogP contribution in [0.15, 0.2) is 42.5 Å². The highest BCUT2D eigenvalue weighted by Crippen LogP contribution is 2.26. The van der Waals surface area contributed by atoms with E-state index in [1.54, 1.807) is 18.2 Å². The molecule has 3 rings (SSSR count). The minimum Gasteiger partial charge on any atom is -0.508 e. The molecule has 0 spiro atoms. The van der Waals surface area contributed by atoms with Gasteiger partial charge in [-0.2, -0.15) is 0 Å². The molecule has 0 radical (unpaired) electrons. The second kappa shape index (κ2) is 8.95. The number of halogens is 1. The van der Waals surface area contributed by atoms with Crippen molar-refractivity contribution in [3.05, 3.63) is 58.6 Å². The molecule has 5 heteroatoms. The largest absolute Gasteiger partial charge is 0.508 e. The first kappa shape index (κ1) is 18.6. The molecule has 0 bridgehead atoms. The van der Waals surface area contributed by atoms with Crippen molar-refractivity contribution >= 4 is 17.3 Å². The van der Waals surface area contributed by atoms with Gasteiger partial charge in [0.1, 0.15) is 5.75 Å². The summed E-state index contributed by atoms with van der Waals surface area (Å²) in [5, 5.41) is 13.8. The maximum absolute atomic E-state index is 9.93. The fourth-order valence-electron chi connectivity index (χ4n) is 2.91. The second-order valence-electron chi connectivity index (χ2n) is 6.25. The lowest BCUT2D eigenvalue weighted by Crippen LogP contribution is -2.36. The standard InChI is InChI=1S/C21H23ClN2O2/c1-16(20-15-18(22)6-9-21(20)25)23-10-2-3-17-4-7-19(8-5-17)24-11-13-26-14-12-24/h4-9,15-16,23,25H,10-14H2,1H3. The maximum Gasteiger partial charge on any atom is 0.120 e. The van der Waals surface area contributed by atoms with Gasteiger partial charge >= 0.3 is 0 Å². The summed E-state index contributed by atoms with van der Waals surface area (Å²) in [4.78, 5) is 2.32. The molecule has 0 aliphatic carbocycles. The Morgan fingerprint density at radius 2 is 1.92 bits per heavy atom. The van der Waals surface area contributed by atoms with E-state index in [4.69, 9.17) is 16.3 Å². The summed E-state index contributed by atoms with van der Waals surface area (Å²) in [7, 11) is 0. The van der Waals surface area contributed by atoms with E-state index in [0.29, 0.717) is 11.6 Å². The van der Waals surface area contributed by atoms with Crippen molar-refractivity contribution in [1.29, 1.82) is 0 Å². The Labute approximate surface area is 159 Å². The molecule has 4 nitrogen and oxygen atoms in total. The Morgan fingerprint density at radius 1 is 1.19 bits per heavy atom. The average molecular weight is 371 g/mol. The van der Waals surface area contributed by atoms with Gasteiger partial charge in [-0.05, 0) is 49.4 Å². The van der Waals surface area contributed by atoms with E-state index in [-0.39, 0.29) is 11.8 Å². The second-order valence-corrected chi connectivity index (χ2v) is 6.69. The van der Waals surface area contributed by atoms with E-state index >= 15 is 0 Å². The van der Waals surface area contributed by atoms with Crippen LogP contribution in [0.2, 0.25) is 5.02 Å². The average Bonchev–Trinajstić information content (AvgIpc) is 2.68. The molecule has 26 heavy (non-hydrogen) atoms. The lowest BCUT2D eigenvalue weighted by Gasteiger charge is -2.28. The van der Waals surface area contributed by atoms with E-state index in [2.05, 4.69) is 34.2 Å². The molecule has 0 saturated carbocycles. The van der Waals surface area contributed by atoms with Gasteiger partial charge in [0, 0.05) is 41.0 Å². The molecule has 1 heterocycles. The third-order valence-electron chi connectivity index (χ3n) is 4.43. The molecule has 1 atom stereocenters. The van der Waals surface area contributed by atoms with Crippen LogP contribution in [-0.2, 0) is 4.74 Å². The van der Waals surface area contributed by atoms with Crippen molar-refractivity contribution in [3.8, 4) is 17.6 Å². The number of ether oxygens (including phenoxy) is 1. The number of morpholine rings is 1. The van der Waals surface area contributed by atoms with Crippen LogP contribution in [0.1, 0.15) is 24.1 Å². The van der Waals surface area contributed by atoms with Gasteiger partial charge in [0.05, 0.1) is 19.8 Å². The molecule has 2 aromatic carbocycles. The van der Waals surface area contributed by atoms with Crippen LogP contribution < -0.4 is 10.2 Å². The van der Waals surface area contributed by atoms with Crippen LogP contribution in [0.5, 0.6) is 5.75 Å². The highest BCUT2D eigenvalue weighted by atomic mass is 35.5. The molecule has 1 aliphatic heterocycles. The zero-order valence-electron chi connectivity index (χ0n) is 14.8. The van der Waals surface area contributed by atoms with Gasteiger partial charge in [-0.3, -0.25) is 5.32 Å². The molecular formula is C21H23ClN2O2. The van der Waals surface area contributed by atoms with Crippen molar-refractivity contribution in [3.63, 3.8) is 0 Å². The molecule has 2 aromatic rings. The highest BCUT2D eigenvalue weighted by molar-refractivity contribution is 6.30. The number of rotatable bonds is 4. The third kappa shape index (κ3) is 4.92. The first-order valence-corrected chi connectivity index (χ1v) is 9.15. The number of nitrogens with one attached hydrogen (secondary N) is 1. The summed E-state index contributed by atoms with van der Waals surface area (Å²) in [5.41, 5.74) is 2.97. The normalized spacial score (nSPS) is 15.2. The number of phenols is 1. The number of hydrogen-bond donors (Lipinski definition) is 2. The SMILES string of the molecule is CC(NCC#Cc1ccc(N2CCOCC2)cc1)c1cc(Cl)ccc1O. The van der Waals surface area contributed by atoms with E-state index in [0.717, 1.165) is 37.4 Å². The fourth-order valence-corrected chi connectivity index (χ4v) is 3.09. The zero-order chi connectivity index (χ0) is 18.4. The number of phenolic OH excluding ortho intramolecular Hbond substituents is 1. The van der Waals surface area contributed by atoms with Crippen LogP contribution in [0, 0.1) is 11.8 Å². The van der Waals surface area contributed by atoms with E-state index in [1.807, 2.05) is 19.1 Å². The fraction of sp³-hybridized carbons (Fsp3) is 0.333. The van der Waals surface area contributed by atoms with E-state index in [1.165, 1.54) is 5.69 Å². The third-order valence-corrected chi connectivity index (χ3v) is 4.66. The molecule has 2 N–H and O–H groups in total. The first-order valence-electron chi connectivity index (χ1n) is 8.77. The van der Waals surface area contributed by atoms with Crippen molar-refractivity contribution in [2.75, 3.05) is 37.7 Å². The van der Waals surface area contributed by atoms with Crippen molar-refractivity contribution in [2.45, 2.75) is 13.0 Å². The predicted molar refractivity (Wildman–Crippen MR) is 106 cm³/mol. The summed E-state index contributed by atoms with van der Waals surface area (Å²) in [6.07, 6.45) is 0. The summed E-state index contributed by atoms with van der Waals surface area (Å²) in [5.74, 6) is 6.53. The summed E-state index contributed by atoms with van der Waals surface area (Å²) in [6.45, 7) is 5.94. The van der Waals surface area contributed by atoms with E-state index < -0.39 is 0 Å². The van der Waals surface area contributed by atoms with Crippen LogP contribution in [0.4, 0.5) is 5.69 Å². The smallest absolute Gasteiger partial charge is 0.120 e. The van der Waals surface area contributed by atoms with Gasteiger partial charge in [0.25, 0.3) is 0 Å². The van der Waals surface area contributed by atoms with Crippen molar-refractivity contribution in [1.82, 2.24) is 5.32 Å². The Hall–Kier alpha value is -2.19. The molecular weight excluding hydrogens is 348 g/mol.